The van der Waals surface area contributed by atoms with Crippen LogP contribution in [-0.2, 0) is 14.3 Å². The van der Waals surface area contributed by atoms with Crippen LogP contribution in [0.2, 0.25) is 0 Å². The van der Waals surface area contributed by atoms with Crippen molar-refractivity contribution in [3.8, 4) is 0 Å². The van der Waals surface area contributed by atoms with Gasteiger partial charge < -0.3 is 40.3 Å². The molecule has 1 heterocycles. The monoisotopic (exact) mass is 890 g/mol. The standard InChI is InChI=1S/C54H99NO8/c1-3-5-7-9-10-11-12-13-14-15-16-17-18-19-20-21-22-23-24-25-26-27-28-29-30-31-32-33-34-35-36-37-38-40-42-44-50(58)55-47(48(57)43-41-39-8-6-4-2)46-62-54-53(61)52(60)51(59)49(45-56)63-54/h5,7,10-11,13-14,16-17,47-49,51-54,56-57,59-61H,3-4,6,8-9,12,15,18-46H2,1-2H3,(H,55,58)/b7-5-,11-10-,14-13-,17-16-. The number of carbonyl (C=O) groups excluding carboxylic acids is 1. The number of hydrogen-bond donors (Lipinski definition) is 6. The summed E-state index contributed by atoms with van der Waals surface area (Å²) in [6, 6.07) is -0.713. The van der Waals surface area contributed by atoms with Crippen molar-refractivity contribution in [1.29, 1.82) is 0 Å². The molecule has 63 heavy (non-hydrogen) atoms. The molecule has 9 nitrogen and oxygen atoms in total. The minimum atomic E-state index is -1.55. The van der Waals surface area contributed by atoms with Gasteiger partial charge in [0.1, 0.15) is 24.4 Å². The second kappa shape index (κ2) is 44.0. The first-order valence-electron chi connectivity index (χ1n) is 26.3. The second-order valence-corrected chi connectivity index (χ2v) is 18.3. The van der Waals surface area contributed by atoms with Crippen molar-refractivity contribution in [3.05, 3.63) is 48.6 Å². The first kappa shape index (κ1) is 59.2. The fraction of sp³-hybridized carbons (Fsp3) is 0.833. The first-order chi connectivity index (χ1) is 30.8. The van der Waals surface area contributed by atoms with Gasteiger partial charge in [-0.2, -0.15) is 0 Å². The van der Waals surface area contributed by atoms with E-state index in [2.05, 4.69) is 67.8 Å². The predicted octanol–water partition coefficient (Wildman–Crippen LogP) is 12.2. The van der Waals surface area contributed by atoms with E-state index in [1.807, 2.05) is 0 Å². The van der Waals surface area contributed by atoms with Gasteiger partial charge in [-0.1, -0.05) is 223 Å². The number of aliphatic hydroxyl groups is 5. The van der Waals surface area contributed by atoms with E-state index in [4.69, 9.17) is 9.47 Å². The van der Waals surface area contributed by atoms with Crippen molar-refractivity contribution in [3.63, 3.8) is 0 Å². The molecule has 7 atom stereocenters. The molecule has 0 aromatic carbocycles. The molecule has 0 aromatic heterocycles. The highest BCUT2D eigenvalue weighted by Gasteiger charge is 2.44. The number of aliphatic hydroxyl groups excluding tert-OH is 5. The molecule has 1 aliphatic heterocycles. The molecule has 0 spiro atoms. The van der Waals surface area contributed by atoms with Gasteiger partial charge in [-0.15, -0.1) is 0 Å². The molecule has 0 radical (unpaired) electrons. The van der Waals surface area contributed by atoms with Crippen LogP contribution < -0.4 is 5.32 Å². The summed E-state index contributed by atoms with van der Waals surface area (Å²) >= 11 is 0. The minimum absolute atomic E-state index is 0.138. The van der Waals surface area contributed by atoms with Gasteiger partial charge in [0.05, 0.1) is 25.4 Å². The smallest absolute Gasteiger partial charge is 0.220 e. The van der Waals surface area contributed by atoms with Crippen LogP contribution in [0.15, 0.2) is 48.6 Å². The largest absolute Gasteiger partial charge is 0.394 e. The third-order valence-corrected chi connectivity index (χ3v) is 12.4. The van der Waals surface area contributed by atoms with Crippen LogP contribution >= 0.6 is 0 Å². The van der Waals surface area contributed by atoms with E-state index in [0.717, 1.165) is 77.0 Å². The van der Waals surface area contributed by atoms with Crippen molar-refractivity contribution < 1.29 is 39.8 Å². The molecule has 0 aromatic rings. The summed E-state index contributed by atoms with van der Waals surface area (Å²) in [6.45, 7) is 3.63. The van der Waals surface area contributed by atoms with Gasteiger partial charge in [0.25, 0.3) is 0 Å². The summed E-state index contributed by atoms with van der Waals surface area (Å²) in [6.07, 6.45) is 50.7. The maximum Gasteiger partial charge on any atom is 0.220 e. The van der Waals surface area contributed by atoms with Crippen molar-refractivity contribution in [2.24, 2.45) is 0 Å². The fourth-order valence-corrected chi connectivity index (χ4v) is 8.27. The third kappa shape index (κ3) is 34.2. The highest BCUT2D eigenvalue weighted by molar-refractivity contribution is 5.76. The minimum Gasteiger partial charge on any atom is -0.394 e. The van der Waals surface area contributed by atoms with Crippen LogP contribution in [0.3, 0.4) is 0 Å². The van der Waals surface area contributed by atoms with Crippen LogP contribution in [0.4, 0.5) is 0 Å². The number of carbonyl (C=O) groups is 1. The zero-order chi connectivity index (χ0) is 45.9. The highest BCUT2D eigenvalue weighted by atomic mass is 16.7. The van der Waals surface area contributed by atoms with E-state index >= 15 is 0 Å². The quantitative estimate of drug-likeness (QED) is 0.0262. The van der Waals surface area contributed by atoms with Gasteiger partial charge in [0.15, 0.2) is 6.29 Å². The molecule has 0 bridgehead atoms. The Bertz CT molecular complexity index is 1130. The molecule has 1 saturated heterocycles. The molecular weight excluding hydrogens is 791 g/mol. The van der Waals surface area contributed by atoms with Crippen LogP contribution in [0.5, 0.6) is 0 Å². The summed E-state index contributed by atoms with van der Waals surface area (Å²) in [5.41, 5.74) is 0. The SMILES string of the molecule is CC/C=C\C/C=C\C/C=C\C/C=C\CCCCCCCCCCCCCCCCCCCCCCCCC(=O)NC(COC1OC(CO)C(O)C(O)C1O)C(O)CCCCCCC. The van der Waals surface area contributed by atoms with Crippen LogP contribution in [-0.4, -0.2) is 87.5 Å². The van der Waals surface area contributed by atoms with Crippen LogP contribution in [0.1, 0.15) is 232 Å². The summed E-state index contributed by atoms with van der Waals surface area (Å²) in [5, 5.41) is 53.9. The average Bonchev–Trinajstić information content (AvgIpc) is 3.28. The van der Waals surface area contributed by atoms with Gasteiger partial charge in [-0.05, 0) is 51.4 Å². The lowest BCUT2D eigenvalue weighted by molar-refractivity contribution is -0.302. The number of ether oxygens (including phenoxy) is 2. The Labute approximate surface area is 386 Å². The molecule has 0 saturated carbocycles. The zero-order valence-corrected chi connectivity index (χ0v) is 40.6. The van der Waals surface area contributed by atoms with Gasteiger partial charge in [0, 0.05) is 6.42 Å². The summed E-state index contributed by atoms with van der Waals surface area (Å²) in [5.74, 6) is -0.149. The Morgan fingerprint density at radius 1 is 0.556 bits per heavy atom. The van der Waals surface area contributed by atoms with E-state index in [9.17, 15) is 30.3 Å². The number of nitrogens with one attached hydrogen (secondary N) is 1. The van der Waals surface area contributed by atoms with Crippen molar-refractivity contribution >= 4 is 5.91 Å². The van der Waals surface area contributed by atoms with Gasteiger partial charge in [0.2, 0.25) is 5.91 Å². The number of rotatable bonds is 44. The topological polar surface area (TPSA) is 149 Å². The fourth-order valence-electron chi connectivity index (χ4n) is 8.27. The molecule has 0 aliphatic carbocycles. The molecule has 7 unspecified atom stereocenters. The van der Waals surface area contributed by atoms with Gasteiger partial charge >= 0.3 is 0 Å². The van der Waals surface area contributed by atoms with Crippen molar-refractivity contribution in [2.75, 3.05) is 13.2 Å². The predicted molar refractivity (Wildman–Crippen MR) is 263 cm³/mol. The third-order valence-electron chi connectivity index (χ3n) is 12.4. The number of hydrogen-bond acceptors (Lipinski definition) is 8. The molecule has 1 amide bonds. The lowest BCUT2D eigenvalue weighted by Crippen LogP contribution is -2.60. The number of amides is 1. The molecule has 1 rings (SSSR count). The lowest BCUT2D eigenvalue weighted by atomic mass is 9.99. The lowest BCUT2D eigenvalue weighted by Gasteiger charge is -2.40. The Balaban J connectivity index is 1.97. The Kier molecular flexibility index (Phi) is 41.3. The molecule has 1 fully saturated rings. The maximum absolute atomic E-state index is 12.9. The summed E-state index contributed by atoms with van der Waals surface area (Å²) in [7, 11) is 0. The number of unbranched alkanes of at least 4 members (excludes halogenated alkanes) is 26. The summed E-state index contributed by atoms with van der Waals surface area (Å²) in [4.78, 5) is 12.9. The maximum atomic E-state index is 12.9. The molecule has 9 heteroatoms. The van der Waals surface area contributed by atoms with Crippen LogP contribution in [0, 0.1) is 0 Å². The Hall–Kier alpha value is -1.85. The normalized spacial score (nSPS) is 20.5. The van der Waals surface area contributed by atoms with Gasteiger partial charge in [-0.25, -0.2) is 0 Å². The number of allylic oxidation sites excluding steroid dienone is 8. The van der Waals surface area contributed by atoms with E-state index in [1.165, 1.54) is 128 Å². The van der Waals surface area contributed by atoms with E-state index < -0.39 is 49.5 Å². The second-order valence-electron chi connectivity index (χ2n) is 18.3. The summed E-state index contributed by atoms with van der Waals surface area (Å²) < 4.78 is 11.2. The molecule has 368 valence electrons. The zero-order valence-electron chi connectivity index (χ0n) is 40.6. The molecule has 1 aliphatic rings. The Morgan fingerprint density at radius 2 is 0.984 bits per heavy atom. The average molecular weight is 890 g/mol. The van der Waals surface area contributed by atoms with Gasteiger partial charge in [-0.3, -0.25) is 4.79 Å². The Morgan fingerprint density at radius 3 is 1.46 bits per heavy atom. The van der Waals surface area contributed by atoms with Crippen LogP contribution in [0.25, 0.3) is 0 Å². The first-order valence-corrected chi connectivity index (χ1v) is 26.3. The van der Waals surface area contributed by atoms with E-state index in [0.29, 0.717) is 12.8 Å². The van der Waals surface area contributed by atoms with Crippen molar-refractivity contribution in [2.45, 2.75) is 275 Å². The molecular formula is C54H99NO8. The molecule has 6 N–H and O–H groups in total. The highest BCUT2D eigenvalue weighted by Crippen LogP contribution is 2.23. The van der Waals surface area contributed by atoms with E-state index in [-0.39, 0.29) is 12.5 Å². The van der Waals surface area contributed by atoms with E-state index in [1.54, 1.807) is 0 Å². The van der Waals surface area contributed by atoms with Crippen molar-refractivity contribution in [1.82, 2.24) is 5.32 Å².